The fourth-order valence-electron chi connectivity index (χ4n) is 3.86. The second-order valence-corrected chi connectivity index (χ2v) is 7.69. The van der Waals surface area contributed by atoms with Crippen molar-refractivity contribution in [1.82, 2.24) is 10.0 Å². The van der Waals surface area contributed by atoms with E-state index in [-0.39, 0.29) is 11.9 Å². The zero-order valence-corrected chi connectivity index (χ0v) is 15.6. The summed E-state index contributed by atoms with van der Waals surface area (Å²) in [7, 11) is 0. The van der Waals surface area contributed by atoms with E-state index >= 15 is 0 Å². The van der Waals surface area contributed by atoms with Gasteiger partial charge in [0.05, 0.1) is 0 Å². The molecule has 2 aromatic carbocycles. The molecule has 4 N–H and O–H groups in total. The van der Waals surface area contributed by atoms with Crippen molar-refractivity contribution >= 4 is 23.7 Å². The molecule has 0 fully saturated rings. The number of fused-ring (bicyclic) bond motifs is 2. The van der Waals surface area contributed by atoms with Crippen LogP contribution in [0.25, 0.3) is 0 Å². The zero-order valence-electron chi connectivity index (χ0n) is 14.7. The molecule has 2 atom stereocenters. The van der Waals surface area contributed by atoms with Crippen molar-refractivity contribution in [1.29, 1.82) is 0 Å². The van der Waals surface area contributed by atoms with E-state index in [1.807, 2.05) is 12.1 Å². The van der Waals surface area contributed by atoms with Crippen LogP contribution in [-0.4, -0.2) is 24.2 Å². The summed E-state index contributed by atoms with van der Waals surface area (Å²) in [6.07, 6.45) is 0.854. The Labute approximate surface area is 158 Å². The number of aliphatic hydroxyl groups excluding tert-OH is 1. The van der Waals surface area contributed by atoms with Crippen molar-refractivity contribution in [3.63, 3.8) is 0 Å². The Morgan fingerprint density at radius 2 is 2.19 bits per heavy atom. The van der Waals surface area contributed by atoms with Crippen molar-refractivity contribution in [2.75, 3.05) is 18.4 Å². The van der Waals surface area contributed by atoms with Crippen LogP contribution < -0.4 is 15.4 Å². The molecule has 1 radical (unpaired) electrons. The van der Waals surface area contributed by atoms with Crippen LogP contribution in [-0.2, 0) is 12.1 Å². The first kappa shape index (κ1) is 17.4. The highest BCUT2D eigenvalue weighted by Crippen LogP contribution is 2.42. The molecule has 4 rings (SSSR count). The van der Waals surface area contributed by atoms with Crippen molar-refractivity contribution < 1.29 is 5.11 Å². The molecule has 0 bridgehead atoms. The van der Waals surface area contributed by atoms with Crippen molar-refractivity contribution in [2.45, 2.75) is 23.9 Å². The van der Waals surface area contributed by atoms with Gasteiger partial charge in [0, 0.05) is 28.6 Å². The molecule has 6 heteroatoms. The van der Waals surface area contributed by atoms with Crippen LogP contribution in [0.1, 0.15) is 16.7 Å². The third-order valence-corrected chi connectivity index (χ3v) is 5.98. The normalized spacial score (nSPS) is 24.7. The summed E-state index contributed by atoms with van der Waals surface area (Å²) in [4.78, 5) is 5.93. The van der Waals surface area contributed by atoms with Gasteiger partial charge in [-0.25, -0.2) is 4.99 Å². The first-order chi connectivity index (χ1) is 12.6. The number of hydrogen-bond acceptors (Lipinski definition) is 5. The molecule has 0 saturated carbocycles. The van der Waals surface area contributed by atoms with Gasteiger partial charge in [-0.15, -0.1) is 0 Å². The molecule has 5 nitrogen and oxygen atoms in total. The van der Waals surface area contributed by atoms with E-state index in [0.717, 1.165) is 29.8 Å². The minimum Gasteiger partial charge on any atom is -0.481 e. The van der Waals surface area contributed by atoms with E-state index in [1.165, 1.54) is 10.5 Å². The van der Waals surface area contributed by atoms with Gasteiger partial charge < -0.3 is 10.4 Å². The van der Waals surface area contributed by atoms with Gasteiger partial charge in [0.15, 0.2) is 0 Å². The number of hydrogen-bond donors (Lipinski definition) is 4. The Morgan fingerprint density at radius 1 is 1.35 bits per heavy atom. The Balaban J connectivity index is 1.84. The molecule has 135 valence electrons. The van der Waals surface area contributed by atoms with Gasteiger partial charge in [-0.3, -0.25) is 10.0 Å². The topological polar surface area (TPSA) is 68.7 Å². The van der Waals surface area contributed by atoms with Crippen LogP contribution in [0.15, 0.2) is 52.4 Å². The monoisotopic (exact) mass is 367 g/mol. The van der Waals surface area contributed by atoms with E-state index in [2.05, 4.69) is 64.5 Å². The van der Waals surface area contributed by atoms with Crippen LogP contribution in [0.3, 0.4) is 0 Å². The Hall–Kier alpha value is -2.02. The number of nitrogens with zero attached hydrogens (tertiary/aromatic N) is 1. The standard InChI is InChI=1S/C20H23N4OS/c1-3-21-20(15-11-14-6-4-5-7-18(14)26-22-12-15)16-10-13(2)8-9-17(16)23-19(25)24-20/h4-10,15,21-22H,1,3,11-12H2,2H3,(H2,23,24,25). The lowest BCUT2D eigenvalue weighted by Gasteiger charge is -2.41. The number of rotatable bonds is 3. The molecule has 2 aliphatic heterocycles. The quantitative estimate of drug-likeness (QED) is 0.626. The van der Waals surface area contributed by atoms with Gasteiger partial charge in [0.25, 0.3) is 6.02 Å². The van der Waals surface area contributed by atoms with Crippen molar-refractivity contribution in [3.05, 3.63) is 66.1 Å². The summed E-state index contributed by atoms with van der Waals surface area (Å²) >= 11 is 1.66. The third kappa shape index (κ3) is 2.98. The van der Waals surface area contributed by atoms with Gasteiger partial charge in [0.1, 0.15) is 5.66 Å². The fraction of sp³-hybridized carbons (Fsp3) is 0.300. The zero-order chi connectivity index (χ0) is 18.1. The Kier molecular flexibility index (Phi) is 4.65. The molecule has 26 heavy (non-hydrogen) atoms. The van der Waals surface area contributed by atoms with Crippen LogP contribution in [0.4, 0.5) is 5.69 Å². The molecule has 0 aromatic heterocycles. The largest absolute Gasteiger partial charge is 0.481 e. The summed E-state index contributed by atoms with van der Waals surface area (Å²) in [6.45, 7) is 7.34. The van der Waals surface area contributed by atoms with E-state index in [1.54, 1.807) is 11.9 Å². The second kappa shape index (κ2) is 6.95. The van der Waals surface area contributed by atoms with E-state index in [4.69, 9.17) is 0 Å². The van der Waals surface area contributed by atoms with Gasteiger partial charge in [-0.1, -0.05) is 35.9 Å². The Morgan fingerprint density at radius 3 is 3.04 bits per heavy atom. The van der Waals surface area contributed by atoms with E-state index < -0.39 is 5.66 Å². The lowest BCUT2D eigenvalue weighted by molar-refractivity contribution is 0.219. The maximum atomic E-state index is 10.3. The van der Waals surface area contributed by atoms with Crippen LogP contribution in [0.2, 0.25) is 0 Å². The highest BCUT2D eigenvalue weighted by molar-refractivity contribution is 7.97. The lowest BCUT2D eigenvalue weighted by atomic mass is 9.80. The van der Waals surface area contributed by atoms with Crippen LogP contribution in [0, 0.1) is 19.8 Å². The summed E-state index contributed by atoms with van der Waals surface area (Å²) in [5.74, 6) is 0.116. The van der Waals surface area contributed by atoms with Gasteiger partial charge >= 0.3 is 0 Å². The first-order valence-corrected chi connectivity index (χ1v) is 9.63. The highest BCUT2D eigenvalue weighted by Gasteiger charge is 2.44. The first-order valence-electron chi connectivity index (χ1n) is 8.81. The maximum absolute atomic E-state index is 10.3. The predicted molar refractivity (Wildman–Crippen MR) is 107 cm³/mol. The number of aliphatic imine (C=N–C) groups is 1. The number of anilines is 1. The van der Waals surface area contributed by atoms with Crippen LogP contribution >= 0.6 is 11.9 Å². The number of aryl methyl sites for hydroxylation is 1. The lowest BCUT2D eigenvalue weighted by Crippen LogP contribution is -2.53. The number of amidine groups is 1. The summed E-state index contributed by atoms with van der Waals surface area (Å²) in [5.41, 5.74) is 3.65. The van der Waals surface area contributed by atoms with Gasteiger partial charge in [-0.2, -0.15) is 0 Å². The molecule has 2 aliphatic rings. The van der Waals surface area contributed by atoms with E-state index in [9.17, 15) is 5.11 Å². The molecule has 0 aliphatic carbocycles. The summed E-state index contributed by atoms with van der Waals surface area (Å²) in [5, 5.41) is 16.8. The number of aliphatic hydroxyl groups is 1. The molecule has 0 saturated heterocycles. The predicted octanol–water partition coefficient (Wildman–Crippen LogP) is 3.38. The summed E-state index contributed by atoms with van der Waals surface area (Å²) in [6, 6.07) is 14.6. The minimum atomic E-state index is -0.733. The molecule has 2 aromatic rings. The molecular weight excluding hydrogens is 344 g/mol. The average molecular weight is 367 g/mol. The van der Waals surface area contributed by atoms with Crippen molar-refractivity contribution in [3.8, 4) is 0 Å². The van der Waals surface area contributed by atoms with Crippen molar-refractivity contribution in [2.24, 2.45) is 10.9 Å². The molecular formula is C20H23N4OS. The van der Waals surface area contributed by atoms with Crippen LogP contribution in [0.5, 0.6) is 0 Å². The maximum Gasteiger partial charge on any atom is 0.288 e. The van der Waals surface area contributed by atoms with E-state index in [0.29, 0.717) is 6.54 Å². The van der Waals surface area contributed by atoms with Gasteiger partial charge in [-0.05, 0) is 56.5 Å². The Bertz CT molecular complexity index is 853. The fourth-order valence-corrected chi connectivity index (χ4v) is 4.73. The second-order valence-electron chi connectivity index (χ2n) is 6.76. The summed E-state index contributed by atoms with van der Waals surface area (Å²) < 4.78 is 3.48. The SMILES string of the molecule is [CH2]CNC1(C2CNSc3ccccc3C2)N=C(O)Nc2ccc(C)cc21. The average Bonchev–Trinajstić information content (AvgIpc) is 2.85. The number of benzene rings is 2. The molecule has 0 amide bonds. The third-order valence-electron chi connectivity index (χ3n) is 5.05. The highest BCUT2D eigenvalue weighted by atomic mass is 32.2. The molecule has 0 spiro atoms. The smallest absolute Gasteiger partial charge is 0.288 e. The molecule has 2 heterocycles. The molecule has 2 unspecified atom stereocenters. The minimum absolute atomic E-state index is 0.0625. The van der Waals surface area contributed by atoms with Gasteiger partial charge in [0.2, 0.25) is 0 Å². The number of nitrogens with one attached hydrogen (secondary N) is 3.